The summed E-state index contributed by atoms with van der Waals surface area (Å²) in [6.45, 7) is 2.01. The highest BCUT2D eigenvalue weighted by Crippen LogP contribution is 2.29. The van der Waals surface area contributed by atoms with Crippen LogP contribution in [0.4, 0.5) is 0 Å². The minimum absolute atomic E-state index is 0.0156. The zero-order valence-electron chi connectivity index (χ0n) is 7.16. The Morgan fingerprint density at radius 3 is 2.83 bits per heavy atom. The molecule has 66 valence electrons. The number of hydrogen-bond acceptors (Lipinski definition) is 3. The van der Waals surface area contributed by atoms with Gasteiger partial charge in [0.2, 0.25) is 0 Å². The Morgan fingerprint density at radius 2 is 2.50 bits per heavy atom. The second-order valence-electron chi connectivity index (χ2n) is 3.34. The molecule has 0 aliphatic carbocycles. The molecule has 1 aromatic rings. The highest BCUT2D eigenvalue weighted by molar-refractivity contribution is 5.15. The molecule has 0 spiro atoms. The summed E-state index contributed by atoms with van der Waals surface area (Å²) >= 11 is 0. The maximum atomic E-state index is 5.70. The van der Waals surface area contributed by atoms with Gasteiger partial charge < -0.3 is 15.0 Å². The van der Waals surface area contributed by atoms with E-state index in [0.29, 0.717) is 19.8 Å². The number of nitrogens with zero attached hydrogens (tertiary/aromatic N) is 2. The Kier molecular flexibility index (Phi) is 1.66. The number of rotatable bonds is 2. The molecule has 1 aliphatic rings. The number of ether oxygens (including phenoxy) is 1. The molecule has 2 rings (SSSR count). The Balaban J connectivity index is 2.33. The number of aryl methyl sites for hydroxylation is 1. The molecule has 0 saturated carbocycles. The monoisotopic (exact) mass is 167 g/mol. The molecule has 1 saturated heterocycles. The molecule has 2 N–H and O–H groups in total. The van der Waals surface area contributed by atoms with Crippen molar-refractivity contribution in [2.45, 2.75) is 5.41 Å². The number of nitrogens with two attached hydrogens (primary N) is 1. The largest absolute Gasteiger partial charge is 0.379 e. The molecule has 0 unspecified atom stereocenters. The summed E-state index contributed by atoms with van der Waals surface area (Å²) in [6, 6.07) is 0. The Labute approximate surface area is 71.3 Å². The van der Waals surface area contributed by atoms with E-state index in [0.717, 1.165) is 5.82 Å². The van der Waals surface area contributed by atoms with Crippen molar-refractivity contribution in [3.8, 4) is 0 Å². The van der Waals surface area contributed by atoms with Crippen LogP contribution in [0.5, 0.6) is 0 Å². The molecule has 4 heteroatoms. The highest BCUT2D eigenvalue weighted by Gasteiger charge is 2.42. The molecule has 2 heterocycles. The molecule has 12 heavy (non-hydrogen) atoms. The van der Waals surface area contributed by atoms with E-state index in [-0.39, 0.29) is 5.41 Å². The van der Waals surface area contributed by atoms with E-state index in [4.69, 9.17) is 10.5 Å². The predicted octanol–water partition coefficient (Wildman–Crippen LogP) is -0.353. The third kappa shape index (κ3) is 0.884. The number of aromatic nitrogens is 2. The van der Waals surface area contributed by atoms with E-state index >= 15 is 0 Å². The minimum atomic E-state index is -0.0156. The smallest absolute Gasteiger partial charge is 0.120 e. The summed E-state index contributed by atoms with van der Waals surface area (Å²) < 4.78 is 7.18. The first-order valence-electron chi connectivity index (χ1n) is 4.04. The standard InChI is InChI=1S/C8H13N3O/c1-11-3-2-10-7(11)8(4-9)5-12-6-8/h2-3H,4-6,9H2,1H3. The Hall–Kier alpha value is -0.870. The van der Waals surface area contributed by atoms with Crippen LogP contribution in [0.25, 0.3) is 0 Å². The van der Waals surface area contributed by atoms with Crippen molar-refractivity contribution < 1.29 is 4.74 Å². The van der Waals surface area contributed by atoms with Gasteiger partial charge in [-0.2, -0.15) is 0 Å². The summed E-state index contributed by atoms with van der Waals surface area (Å²) in [5.74, 6) is 1.04. The molecule has 0 atom stereocenters. The van der Waals surface area contributed by atoms with Gasteiger partial charge in [0.05, 0.1) is 18.6 Å². The van der Waals surface area contributed by atoms with Crippen molar-refractivity contribution in [3.05, 3.63) is 18.2 Å². The van der Waals surface area contributed by atoms with Gasteiger partial charge in [0.15, 0.2) is 0 Å². The number of hydrogen-bond donors (Lipinski definition) is 1. The van der Waals surface area contributed by atoms with Gasteiger partial charge in [0.25, 0.3) is 0 Å². The molecule has 0 amide bonds. The third-order valence-corrected chi connectivity index (χ3v) is 2.44. The minimum Gasteiger partial charge on any atom is -0.379 e. The van der Waals surface area contributed by atoms with E-state index in [1.807, 2.05) is 17.8 Å². The van der Waals surface area contributed by atoms with Crippen LogP contribution >= 0.6 is 0 Å². The first-order chi connectivity index (χ1) is 5.78. The lowest BCUT2D eigenvalue weighted by Crippen LogP contribution is -2.53. The van der Waals surface area contributed by atoms with Gasteiger partial charge in [-0.1, -0.05) is 0 Å². The highest BCUT2D eigenvalue weighted by atomic mass is 16.5. The fourth-order valence-electron chi connectivity index (χ4n) is 1.56. The van der Waals surface area contributed by atoms with E-state index in [9.17, 15) is 0 Å². The zero-order chi connectivity index (χ0) is 8.60. The molecule has 0 radical (unpaired) electrons. The molecule has 0 aromatic carbocycles. The van der Waals surface area contributed by atoms with Crippen molar-refractivity contribution in [2.75, 3.05) is 19.8 Å². The van der Waals surface area contributed by atoms with Crippen LogP contribution in [0.1, 0.15) is 5.82 Å². The summed E-state index contributed by atoms with van der Waals surface area (Å²) in [5.41, 5.74) is 5.68. The summed E-state index contributed by atoms with van der Waals surface area (Å²) in [5, 5.41) is 0. The van der Waals surface area contributed by atoms with E-state index < -0.39 is 0 Å². The summed E-state index contributed by atoms with van der Waals surface area (Å²) in [6.07, 6.45) is 3.73. The molecule has 0 bridgehead atoms. The lowest BCUT2D eigenvalue weighted by molar-refractivity contribution is -0.0605. The molecule has 1 fully saturated rings. The zero-order valence-corrected chi connectivity index (χ0v) is 7.16. The van der Waals surface area contributed by atoms with Gasteiger partial charge in [0.1, 0.15) is 5.82 Å². The first kappa shape index (κ1) is 7.76. The van der Waals surface area contributed by atoms with Gasteiger partial charge in [-0.25, -0.2) is 4.98 Å². The molecule has 4 nitrogen and oxygen atoms in total. The fourth-order valence-corrected chi connectivity index (χ4v) is 1.56. The lowest BCUT2D eigenvalue weighted by atomic mass is 9.85. The van der Waals surface area contributed by atoms with Crippen molar-refractivity contribution in [1.29, 1.82) is 0 Å². The van der Waals surface area contributed by atoms with Gasteiger partial charge in [0, 0.05) is 26.0 Å². The second kappa shape index (κ2) is 2.57. The predicted molar refractivity (Wildman–Crippen MR) is 44.8 cm³/mol. The lowest BCUT2D eigenvalue weighted by Gasteiger charge is -2.39. The van der Waals surface area contributed by atoms with Crippen LogP contribution in [0, 0.1) is 0 Å². The summed E-state index contributed by atoms with van der Waals surface area (Å²) in [4.78, 5) is 4.28. The van der Waals surface area contributed by atoms with Crippen LogP contribution in [0.3, 0.4) is 0 Å². The second-order valence-corrected chi connectivity index (χ2v) is 3.34. The SMILES string of the molecule is Cn1ccnc1C1(CN)COC1. The molecule has 1 aliphatic heterocycles. The van der Waals surface area contributed by atoms with Crippen molar-refractivity contribution >= 4 is 0 Å². The van der Waals surface area contributed by atoms with E-state index in [1.54, 1.807) is 6.20 Å². The molecular formula is C8H13N3O. The van der Waals surface area contributed by atoms with E-state index in [2.05, 4.69) is 4.98 Å². The van der Waals surface area contributed by atoms with Crippen molar-refractivity contribution in [1.82, 2.24) is 9.55 Å². The van der Waals surface area contributed by atoms with Crippen LogP contribution in [-0.2, 0) is 17.2 Å². The van der Waals surface area contributed by atoms with Gasteiger partial charge in [-0.05, 0) is 0 Å². The average Bonchev–Trinajstić information content (AvgIpc) is 2.36. The topological polar surface area (TPSA) is 53.1 Å². The normalized spacial score (nSPS) is 20.5. The van der Waals surface area contributed by atoms with Crippen LogP contribution in [0.15, 0.2) is 12.4 Å². The Bertz CT molecular complexity index is 272. The van der Waals surface area contributed by atoms with E-state index in [1.165, 1.54) is 0 Å². The van der Waals surface area contributed by atoms with Crippen molar-refractivity contribution in [3.63, 3.8) is 0 Å². The third-order valence-electron chi connectivity index (χ3n) is 2.44. The Morgan fingerprint density at radius 1 is 1.75 bits per heavy atom. The van der Waals surface area contributed by atoms with Crippen LogP contribution in [-0.4, -0.2) is 29.3 Å². The molecule has 1 aromatic heterocycles. The maximum Gasteiger partial charge on any atom is 0.120 e. The van der Waals surface area contributed by atoms with Crippen LogP contribution in [0.2, 0.25) is 0 Å². The fraction of sp³-hybridized carbons (Fsp3) is 0.625. The number of imidazole rings is 1. The quantitative estimate of drug-likeness (QED) is 0.655. The summed E-state index contributed by atoms with van der Waals surface area (Å²) in [7, 11) is 1.98. The van der Waals surface area contributed by atoms with Gasteiger partial charge >= 0.3 is 0 Å². The average molecular weight is 167 g/mol. The molecular weight excluding hydrogens is 154 g/mol. The first-order valence-corrected chi connectivity index (χ1v) is 4.04. The van der Waals surface area contributed by atoms with Crippen LogP contribution < -0.4 is 5.73 Å². The maximum absolute atomic E-state index is 5.70. The van der Waals surface area contributed by atoms with Gasteiger partial charge in [-0.3, -0.25) is 0 Å². The van der Waals surface area contributed by atoms with Gasteiger partial charge in [-0.15, -0.1) is 0 Å². The van der Waals surface area contributed by atoms with Crippen molar-refractivity contribution in [2.24, 2.45) is 12.8 Å².